The zero-order valence-corrected chi connectivity index (χ0v) is 14.2. The molecule has 2 heteroatoms. The molecule has 0 bridgehead atoms. The van der Waals surface area contributed by atoms with Crippen molar-refractivity contribution in [2.45, 2.75) is 77.3 Å². The fraction of sp³-hybridized carbons (Fsp3) is 1.00. The van der Waals surface area contributed by atoms with Gasteiger partial charge in [-0.25, -0.2) is 0 Å². The second kappa shape index (κ2) is 7.79. The summed E-state index contributed by atoms with van der Waals surface area (Å²) in [6.07, 6.45) is 11.5. The van der Waals surface area contributed by atoms with Crippen molar-refractivity contribution in [1.29, 1.82) is 0 Å². The van der Waals surface area contributed by atoms with E-state index < -0.39 is 0 Å². The van der Waals surface area contributed by atoms with E-state index in [0.29, 0.717) is 6.04 Å². The lowest BCUT2D eigenvalue weighted by Crippen LogP contribution is -2.52. The van der Waals surface area contributed by atoms with Gasteiger partial charge in [0.2, 0.25) is 0 Å². The van der Waals surface area contributed by atoms with Crippen molar-refractivity contribution < 1.29 is 0 Å². The molecule has 0 aromatic heterocycles. The molecule has 0 heterocycles. The van der Waals surface area contributed by atoms with Gasteiger partial charge in [-0.15, -0.1) is 0 Å². The fourth-order valence-corrected chi connectivity index (χ4v) is 4.52. The maximum absolute atomic E-state index is 3.59. The van der Waals surface area contributed by atoms with Gasteiger partial charge in [0.1, 0.15) is 0 Å². The Morgan fingerprint density at radius 2 is 1.75 bits per heavy atom. The molecule has 2 aliphatic carbocycles. The molecule has 2 nitrogen and oxygen atoms in total. The van der Waals surface area contributed by atoms with E-state index in [-0.39, 0.29) is 0 Å². The topological polar surface area (TPSA) is 15.3 Å². The van der Waals surface area contributed by atoms with Gasteiger partial charge in [0.05, 0.1) is 0 Å². The van der Waals surface area contributed by atoms with E-state index in [1.165, 1.54) is 57.9 Å². The van der Waals surface area contributed by atoms with E-state index in [1.807, 2.05) is 0 Å². The average molecular weight is 280 g/mol. The summed E-state index contributed by atoms with van der Waals surface area (Å²) in [6, 6.07) is 1.46. The summed E-state index contributed by atoms with van der Waals surface area (Å²) in [5.74, 6) is 2.74. The Morgan fingerprint density at radius 1 is 1.05 bits per heavy atom. The Labute approximate surface area is 126 Å². The summed E-state index contributed by atoms with van der Waals surface area (Å²) in [5, 5.41) is 3.59. The van der Waals surface area contributed by atoms with Crippen molar-refractivity contribution in [3.63, 3.8) is 0 Å². The molecule has 2 saturated carbocycles. The predicted octanol–water partition coefficient (Wildman–Crippen LogP) is 3.91. The summed E-state index contributed by atoms with van der Waals surface area (Å²) in [4.78, 5) is 2.70. The molecule has 3 unspecified atom stereocenters. The van der Waals surface area contributed by atoms with E-state index in [9.17, 15) is 0 Å². The van der Waals surface area contributed by atoms with Crippen LogP contribution in [0.1, 0.15) is 65.2 Å². The van der Waals surface area contributed by atoms with Crippen LogP contribution in [0.4, 0.5) is 0 Å². The largest absolute Gasteiger partial charge is 0.315 e. The van der Waals surface area contributed by atoms with Crippen LogP contribution >= 0.6 is 0 Å². The average Bonchev–Trinajstić information content (AvgIpc) is 2.47. The third kappa shape index (κ3) is 4.21. The number of likely N-dealkylation sites (N-methyl/N-ethyl adjacent to an activating group) is 2. The summed E-state index contributed by atoms with van der Waals surface area (Å²) >= 11 is 0. The standard InChI is InChI=1S/C18H36N2/c1-14(2)16-10-11-17(19-3)18(12-16)20(4)13-15-8-6-5-7-9-15/h14-19H,5-13H2,1-4H3. The van der Waals surface area contributed by atoms with Gasteiger partial charge in [0, 0.05) is 18.6 Å². The lowest BCUT2D eigenvalue weighted by Gasteiger charge is -2.43. The molecule has 0 aromatic carbocycles. The van der Waals surface area contributed by atoms with Gasteiger partial charge in [0.25, 0.3) is 0 Å². The first-order valence-electron chi connectivity index (χ1n) is 8.99. The maximum atomic E-state index is 3.59. The summed E-state index contributed by atoms with van der Waals surface area (Å²) in [5.41, 5.74) is 0. The first-order valence-corrected chi connectivity index (χ1v) is 8.99. The predicted molar refractivity (Wildman–Crippen MR) is 88.0 cm³/mol. The zero-order valence-electron chi connectivity index (χ0n) is 14.2. The van der Waals surface area contributed by atoms with Crippen molar-refractivity contribution in [3.05, 3.63) is 0 Å². The summed E-state index contributed by atoms with van der Waals surface area (Å²) in [6.45, 7) is 6.14. The molecule has 0 spiro atoms. The zero-order chi connectivity index (χ0) is 14.5. The van der Waals surface area contributed by atoms with Crippen LogP contribution in [-0.4, -0.2) is 37.6 Å². The molecule has 0 aliphatic heterocycles. The molecule has 0 saturated heterocycles. The molecule has 118 valence electrons. The van der Waals surface area contributed by atoms with Gasteiger partial charge in [-0.05, 0) is 64.0 Å². The molecule has 2 rings (SSSR count). The number of rotatable bonds is 5. The minimum absolute atomic E-state index is 0.707. The number of nitrogens with one attached hydrogen (secondary N) is 1. The molecular weight excluding hydrogens is 244 g/mol. The molecule has 0 radical (unpaired) electrons. The molecule has 3 atom stereocenters. The lowest BCUT2D eigenvalue weighted by molar-refractivity contribution is 0.0873. The number of nitrogens with zero attached hydrogens (tertiary/aromatic N) is 1. The molecule has 2 aliphatic rings. The first-order chi connectivity index (χ1) is 9.61. The Morgan fingerprint density at radius 3 is 2.35 bits per heavy atom. The third-order valence-corrected chi connectivity index (χ3v) is 6.01. The highest BCUT2D eigenvalue weighted by molar-refractivity contribution is 4.91. The Balaban J connectivity index is 1.91. The van der Waals surface area contributed by atoms with Gasteiger partial charge >= 0.3 is 0 Å². The third-order valence-electron chi connectivity index (χ3n) is 6.01. The van der Waals surface area contributed by atoms with Crippen LogP contribution in [0.15, 0.2) is 0 Å². The molecule has 1 N–H and O–H groups in total. The summed E-state index contributed by atoms with van der Waals surface area (Å²) in [7, 11) is 4.54. The van der Waals surface area contributed by atoms with Crippen LogP contribution in [0.3, 0.4) is 0 Å². The number of hydrogen-bond donors (Lipinski definition) is 1. The highest BCUT2D eigenvalue weighted by atomic mass is 15.2. The Hall–Kier alpha value is -0.0800. The quantitative estimate of drug-likeness (QED) is 0.821. The molecule has 0 aromatic rings. The molecule has 0 amide bonds. The minimum atomic E-state index is 0.707. The van der Waals surface area contributed by atoms with Crippen molar-refractivity contribution in [3.8, 4) is 0 Å². The van der Waals surface area contributed by atoms with E-state index in [0.717, 1.165) is 23.8 Å². The monoisotopic (exact) mass is 280 g/mol. The Kier molecular flexibility index (Phi) is 6.35. The van der Waals surface area contributed by atoms with Crippen LogP contribution in [0.25, 0.3) is 0 Å². The number of hydrogen-bond acceptors (Lipinski definition) is 2. The van der Waals surface area contributed by atoms with Gasteiger partial charge < -0.3 is 10.2 Å². The second-order valence-corrected chi connectivity index (χ2v) is 7.72. The van der Waals surface area contributed by atoms with Gasteiger partial charge in [0.15, 0.2) is 0 Å². The molecular formula is C18H36N2. The first kappa shape index (κ1) is 16.3. The van der Waals surface area contributed by atoms with E-state index >= 15 is 0 Å². The second-order valence-electron chi connectivity index (χ2n) is 7.72. The van der Waals surface area contributed by atoms with Crippen LogP contribution < -0.4 is 5.32 Å². The van der Waals surface area contributed by atoms with Crippen molar-refractivity contribution in [2.24, 2.45) is 17.8 Å². The van der Waals surface area contributed by atoms with Crippen LogP contribution in [-0.2, 0) is 0 Å². The smallest absolute Gasteiger partial charge is 0.0249 e. The maximum Gasteiger partial charge on any atom is 0.0249 e. The lowest BCUT2D eigenvalue weighted by atomic mass is 9.76. The molecule has 20 heavy (non-hydrogen) atoms. The SMILES string of the molecule is CNC1CCC(C(C)C)CC1N(C)CC1CCCCC1. The van der Waals surface area contributed by atoms with Crippen LogP contribution in [0.2, 0.25) is 0 Å². The van der Waals surface area contributed by atoms with E-state index in [1.54, 1.807) is 0 Å². The van der Waals surface area contributed by atoms with Crippen molar-refractivity contribution in [2.75, 3.05) is 20.6 Å². The van der Waals surface area contributed by atoms with Crippen molar-refractivity contribution in [1.82, 2.24) is 10.2 Å². The van der Waals surface area contributed by atoms with Gasteiger partial charge in [-0.1, -0.05) is 33.1 Å². The van der Waals surface area contributed by atoms with Crippen LogP contribution in [0, 0.1) is 17.8 Å². The Bertz CT molecular complexity index is 271. The minimum Gasteiger partial charge on any atom is -0.315 e. The van der Waals surface area contributed by atoms with Gasteiger partial charge in [-0.2, -0.15) is 0 Å². The van der Waals surface area contributed by atoms with Gasteiger partial charge in [-0.3, -0.25) is 0 Å². The van der Waals surface area contributed by atoms with E-state index in [2.05, 4.69) is 38.2 Å². The molecule has 2 fully saturated rings. The fourth-order valence-electron chi connectivity index (χ4n) is 4.52. The highest BCUT2D eigenvalue weighted by Crippen LogP contribution is 2.33. The summed E-state index contributed by atoms with van der Waals surface area (Å²) < 4.78 is 0. The van der Waals surface area contributed by atoms with E-state index in [4.69, 9.17) is 0 Å². The van der Waals surface area contributed by atoms with Crippen LogP contribution in [0.5, 0.6) is 0 Å². The van der Waals surface area contributed by atoms with Crippen molar-refractivity contribution >= 4 is 0 Å². The normalized spacial score (nSPS) is 33.0. The highest BCUT2D eigenvalue weighted by Gasteiger charge is 2.34.